The Hall–Kier alpha value is -3.16. The van der Waals surface area contributed by atoms with Crippen molar-refractivity contribution in [2.75, 3.05) is 5.32 Å². The van der Waals surface area contributed by atoms with Gasteiger partial charge in [0.1, 0.15) is 0 Å². The number of aliphatic carboxylic acids is 1. The third-order valence-electron chi connectivity index (χ3n) is 2.38. The van der Waals surface area contributed by atoms with E-state index in [2.05, 4.69) is 25.3 Å². The number of rotatable bonds is 5. The quantitative estimate of drug-likeness (QED) is 0.717. The standard InChI is InChI=1S/C13H12N4O4/c18-12(19)5-4-9-2-1-3-10(6-9)16-13(20)14-7-11-15-8-21-17-11/h1-6,8H,7H2,(H,18,19)(H2,14,16,20)/b5-4+. The van der Waals surface area contributed by atoms with Crippen LogP contribution in [0.4, 0.5) is 10.5 Å². The average Bonchev–Trinajstić information content (AvgIpc) is 2.97. The summed E-state index contributed by atoms with van der Waals surface area (Å²) in [5.74, 6) is -0.672. The first kappa shape index (κ1) is 14.3. The van der Waals surface area contributed by atoms with Crippen LogP contribution in [-0.4, -0.2) is 27.2 Å². The summed E-state index contributed by atoms with van der Waals surface area (Å²) in [5, 5.41) is 17.3. The van der Waals surface area contributed by atoms with E-state index < -0.39 is 12.0 Å². The molecule has 0 bridgehead atoms. The van der Waals surface area contributed by atoms with Gasteiger partial charge in [-0.15, -0.1) is 0 Å². The minimum absolute atomic E-state index is 0.140. The summed E-state index contributed by atoms with van der Waals surface area (Å²) in [6, 6.07) is 6.33. The Bertz CT molecular complexity index is 652. The van der Waals surface area contributed by atoms with Crippen molar-refractivity contribution in [1.29, 1.82) is 0 Å². The number of hydrogen-bond acceptors (Lipinski definition) is 5. The molecule has 0 saturated heterocycles. The van der Waals surface area contributed by atoms with Gasteiger partial charge in [0.2, 0.25) is 6.39 Å². The molecular formula is C13H12N4O4. The Labute approximate surface area is 119 Å². The lowest BCUT2D eigenvalue weighted by Gasteiger charge is -2.06. The summed E-state index contributed by atoms with van der Waals surface area (Å²) < 4.78 is 4.54. The maximum atomic E-state index is 11.7. The zero-order valence-corrected chi connectivity index (χ0v) is 10.8. The number of aromatic nitrogens is 2. The van der Waals surface area contributed by atoms with E-state index in [1.165, 1.54) is 12.5 Å². The van der Waals surface area contributed by atoms with Crippen molar-refractivity contribution < 1.29 is 19.2 Å². The highest BCUT2D eigenvalue weighted by atomic mass is 16.5. The zero-order valence-electron chi connectivity index (χ0n) is 10.8. The van der Waals surface area contributed by atoms with Crippen LogP contribution in [0.25, 0.3) is 6.08 Å². The third-order valence-corrected chi connectivity index (χ3v) is 2.38. The summed E-state index contributed by atoms with van der Waals surface area (Å²) in [4.78, 5) is 25.9. The Morgan fingerprint density at radius 3 is 2.95 bits per heavy atom. The summed E-state index contributed by atoms with van der Waals surface area (Å²) in [7, 11) is 0. The largest absolute Gasteiger partial charge is 0.478 e. The first-order chi connectivity index (χ1) is 10.1. The number of carboxylic acids is 1. The molecule has 0 saturated carbocycles. The van der Waals surface area contributed by atoms with Crippen molar-refractivity contribution in [3.05, 3.63) is 48.1 Å². The first-order valence-corrected chi connectivity index (χ1v) is 5.94. The number of nitrogens with zero attached hydrogens (tertiary/aromatic N) is 2. The highest BCUT2D eigenvalue weighted by molar-refractivity contribution is 5.90. The van der Waals surface area contributed by atoms with Crippen molar-refractivity contribution >= 4 is 23.8 Å². The molecule has 0 atom stereocenters. The number of carbonyl (C=O) groups excluding carboxylic acids is 1. The molecule has 1 aromatic carbocycles. The lowest BCUT2D eigenvalue weighted by atomic mass is 10.2. The van der Waals surface area contributed by atoms with Gasteiger partial charge >= 0.3 is 12.0 Å². The molecule has 2 amide bonds. The molecule has 0 radical (unpaired) electrons. The van der Waals surface area contributed by atoms with E-state index in [1.807, 2.05) is 0 Å². The van der Waals surface area contributed by atoms with E-state index in [-0.39, 0.29) is 6.54 Å². The van der Waals surface area contributed by atoms with E-state index in [4.69, 9.17) is 5.11 Å². The van der Waals surface area contributed by atoms with Crippen LogP contribution in [0.5, 0.6) is 0 Å². The van der Waals surface area contributed by atoms with Crippen LogP contribution in [0.3, 0.4) is 0 Å². The summed E-state index contributed by atoms with van der Waals surface area (Å²) >= 11 is 0. The molecule has 108 valence electrons. The smallest absolute Gasteiger partial charge is 0.328 e. The highest BCUT2D eigenvalue weighted by Crippen LogP contribution is 2.11. The van der Waals surface area contributed by atoms with Gasteiger partial charge in [-0.1, -0.05) is 17.3 Å². The van der Waals surface area contributed by atoms with E-state index in [1.54, 1.807) is 24.3 Å². The number of carboxylic acid groups (broad SMARTS) is 1. The van der Waals surface area contributed by atoms with Gasteiger partial charge in [-0.3, -0.25) is 0 Å². The molecule has 1 aromatic heterocycles. The molecule has 21 heavy (non-hydrogen) atoms. The van der Waals surface area contributed by atoms with Crippen LogP contribution in [0.2, 0.25) is 0 Å². The number of nitrogens with one attached hydrogen (secondary N) is 2. The van der Waals surface area contributed by atoms with Gasteiger partial charge in [0.05, 0.1) is 6.54 Å². The Morgan fingerprint density at radius 2 is 2.24 bits per heavy atom. The fourth-order valence-corrected chi connectivity index (χ4v) is 1.49. The fourth-order valence-electron chi connectivity index (χ4n) is 1.49. The minimum Gasteiger partial charge on any atom is -0.478 e. The number of anilines is 1. The molecule has 2 aromatic rings. The van der Waals surface area contributed by atoms with Crippen LogP contribution < -0.4 is 10.6 Å². The molecule has 2 rings (SSSR count). The van der Waals surface area contributed by atoms with Crippen LogP contribution in [-0.2, 0) is 11.3 Å². The van der Waals surface area contributed by atoms with Crippen LogP contribution in [0.15, 0.2) is 41.3 Å². The predicted octanol–water partition coefficient (Wildman–Crippen LogP) is 1.49. The minimum atomic E-state index is -1.04. The van der Waals surface area contributed by atoms with Gasteiger partial charge in [0, 0.05) is 11.8 Å². The maximum absolute atomic E-state index is 11.7. The fraction of sp³-hybridized carbons (Fsp3) is 0.0769. The van der Waals surface area contributed by atoms with Crippen LogP contribution in [0, 0.1) is 0 Å². The van der Waals surface area contributed by atoms with E-state index in [0.29, 0.717) is 17.1 Å². The van der Waals surface area contributed by atoms with Gasteiger partial charge in [-0.05, 0) is 23.8 Å². The number of urea groups is 1. The highest BCUT2D eigenvalue weighted by Gasteiger charge is 2.04. The third kappa shape index (κ3) is 4.78. The lowest BCUT2D eigenvalue weighted by Crippen LogP contribution is -2.28. The molecule has 0 aliphatic carbocycles. The molecule has 0 fully saturated rings. The van der Waals surface area contributed by atoms with Crippen molar-refractivity contribution in [1.82, 2.24) is 15.5 Å². The lowest BCUT2D eigenvalue weighted by molar-refractivity contribution is -0.131. The van der Waals surface area contributed by atoms with Crippen molar-refractivity contribution in [2.24, 2.45) is 0 Å². The van der Waals surface area contributed by atoms with E-state index in [9.17, 15) is 9.59 Å². The number of hydrogen-bond donors (Lipinski definition) is 3. The molecule has 0 spiro atoms. The summed E-state index contributed by atoms with van der Waals surface area (Å²) in [6.45, 7) is 0.140. The molecule has 3 N–H and O–H groups in total. The summed E-state index contributed by atoms with van der Waals surface area (Å²) in [6.07, 6.45) is 3.63. The Balaban J connectivity index is 1.91. The van der Waals surface area contributed by atoms with Crippen LogP contribution >= 0.6 is 0 Å². The monoisotopic (exact) mass is 288 g/mol. The molecule has 0 aliphatic heterocycles. The normalized spacial score (nSPS) is 10.5. The molecule has 8 nitrogen and oxygen atoms in total. The van der Waals surface area contributed by atoms with Gasteiger partial charge in [-0.25, -0.2) is 9.59 Å². The Morgan fingerprint density at radius 1 is 1.38 bits per heavy atom. The second-order valence-electron chi connectivity index (χ2n) is 3.95. The second kappa shape index (κ2) is 6.85. The van der Waals surface area contributed by atoms with Crippen LogP contribution in [0.1, 0.15) is 11.4 Å². The Kier molecular flexibility index (Phi) is 4.65. The topological polar surface area (TPSA) is 117 Å². The van der Waals surface area contributed by atoms with Crippen molar-refractivity contribution in [2.45, 2.75) is 6.54 Å². The van der Waals surface area contributed by atoms with Gasteiger partial charge in [0.25, 0.3) is 0 Å². The first-order valence-electron chi connectivity index (χ1n) is 5.94. The van der Waals surface area contributed by atoms with Gasteiger partial charge in [0.15, 0.2) is 5.82 Å². The van der Waals surface area contributed by atoms with Crippen molar-refractivity contribution in [3.63, 3.8) is 0 Å². The van der Waals surface area contributed by atoms with Gasteiger partial charge in [-0.2, -0.15) is 4.98 Å². The molecular weight excluding hydrogens is 276 g/mol. The molecule has 0 aliphatic rings. The molecule has 8 heteroatoms. The number of benzene rings is 1. The maximum Gasteiger partial charge on any atom is 0.328 e. The molecule has 1 heterocycles. The predicted molar refractivity (Wildman–Crippen MR) is 73.3 cm³/mol. The SMILES string of the molecule is O=C(O)/C=C/c1cccc(NC(=O)NCc2ncon2)c1. The van der Waals surface area contributed by atoms with E-state index >= 15 is 0 Å². The van der Waals surface area contributed by atoms with E-state index in [0.717, 1.165) is 6.08 Å². The van der Waals surface area contributed by atoms with Gasteiger partial charge < -0.3 is 20.3 Å². The number of amides is 2. The van der Waals surface area contributed by atoms with Crippen molar-refractivity contribution in [3.8, 4) is 0 Å². The number of carbonyl (C=O) groups is 2. The molecule has 0 unspecified atom stereocenters. The second-order valence-corrected chi connectivity index (χ2v) is 3.95. The summed E-state index contributed by atoms with van der Waals surface area (Å²) in [5.41, 5.74) is 1.20. The zero-order chi connectivity index (χ0) is 15.1. The average molecular weight is 288 g/mol.